The van der Waals surface area contributed by atoms with Crippen LogP contribution in [0.3, 0.4) is 0 Å². The number of piperidine rings is 1. The first kappa shape index (κ1) is 10.4. The van der Waals surface area contributed by atoms with Crippen molar-refractivity contribution in [3.05, 3.63) is 0 Å². The maximum Gasteiger partial charge on any atom is 0.109 e. The van der Waals surface area contributed by atoms with Crippen LogP contribution in [-0.2, 0) is 9.47 Å². The minimum absolute atomic E-state index is 0.0226. The molecule has 0 aromatic rings. The summed E-state index contributed by atoms with van der Waals surface area (Å²) >= 11 is 0. The number of ether oxygens (including phenoxy) is 2. The number of hydrogen-bond donors (Lipinski definition) is 1. The summed E-state index contributed by atoms with van der Waals surface area (Å²) in [6.45, 7) is 2.00. The van der Waals surface area contributed by atoms with Crippen molar-refractivity contribution in [2.75, 3.05) is 27.3 Å². The van der Waals surface area contributed by atoms with Gasteiger partial charge in [0.25, 0.3) is 0 Å². The molecular weight excluding hydrogens is 178 g/mol. The summed E-state index contributed by atoms with van der Waals surface area (Å²) in [6, 6.07) is 0. The van der Waals surface area contributed by atoms with E-state index in [2.05, 4.69) is 5.32 Å². The monoisotopic (exact) mass is 199 g/mol. The highest BCUT2D eigenvalue weighted by molar-refractivity contribution is 5.08. The van der Waals surface area contributed by atoms with E-state index in [1.165, 1.54) is 12.8 Å². The van der Waals surface area contributed by atoms with Crippen LogP contribution in [0.15, 0.2) is 0 Å². The van der Waals surface area contributed by atoms with Crippen LogP contribution in [0, 0.1) is 0 Å². The Morgan fingerprint density at radius 2 is 1.57 bits per heavy atom. The Balaban J connectivity index is 2.27. The average molecular weight is 199 g/mol. The van der Waals surface area contributed by atoms with Crippen LogP contribution in [0.25, 0.3) is 0 Å². The van der Waals surface area contributed by atoms with Crippen LogP contribution in [0.5, 0.6) is 0 Å². The van der Waals surface area contributed by atoms with E-state index in [9.17, 15) is 0 Å². The fourth-order valence-electron chi connectivity index (χ4n) is 3.21. The highest BCUT2D eigenvalue weighted by Gasteiger charge is 2.54. The predicted octanol–water partition coefficient (Wildman–Crippen LogP) is 1.32. The van der Waals surface area contributed by atoms with E-state index < -0.39 is 0 Å². The summed E-state index contributed by atoms with van der Waals surface area (Å²) in [5, 5.41) is 3.43. The van der Waals surface area contributed by atoms with E-state index in [0.29, 0.717) is 0 Å². The molecule has 1 N–H and O–H groups in total. The van der Waals surface area contributed by atoms with Crippen LogP contribution in [0.4, 0.5) is 0 Å². The molecule has 82 valence electrons. The van der Waals surface area contributed by atoms with Gasteiger partial charge in [-0.15, -0.1) is 0 Å². The highest BCUT2D eigenvalue weighted by Crippen LogP contribution is 2.45. The normalized spacial score (nSPS) is 43.3. The first-order valence-corrected chi connectivity index (χ1v) is 5.60. The summed E-state index contributed by atoms with van der Waals surface area (Å²) < 4.78 is 11.6. The molecule has 0 radical (unpaired) electrons. The van der Waals surface area contributed by atoms with E-state index in [0.717, 1.165) is 32.4 Å². The molecule has 0 unspecified atom stereocenters. The molecule has 0 amide bonds. The molecule has 2 rings (SSSR count). The van der Waals surface area contributed by atoms with Crippen molar-refractivity contribution in [2.45, 2.75) is 43.3 Å². The van der Waals surface area contributed by atoms with Crippen molar-refractivity contribution >= 4 is 0 Å². The minimum atomic E-state index is -0.0712. The van der Waals surface area contributed by atoms with Crippen molar-refractivity contribution in [1.29, 1.82) is 0 Å². The van der Waals surface area contributed by atoms with Gasteiger partial charge in [0, 0.05) is 20.8 Å². The Bertz CT molecular complexity index is 171. The second kappa shape index (κ2) is 3.80. The van der Waals surface area contributed by atoms with Crippen LogP contribution >= 0.6 is 0 Å². The smallest absolute Gasteiger partial charge is 0.109 e. The summed E-state index contributed by atoms with van der Waals surface area (Å²) in [5.41, 5.74) is -0.0937. The number of methoxy groups -OCH3 is 2. The van der Waals surface area contributed by atoms with Crippen LogP contribution in [0.1, 0.15) is 32.1 Å². The van der Waals surface area contributed by atoms with E-state index in [4.69, 9.17) is 9.47 Å². The predicted molar refractivity (Wildman–Crippen MR) is 55.4 cm³/mol. The molecule has 3 heteroatoms. The van der Waals surface area contributed by atoms with Gasteiger partial charge in [-0.25, -0.2) is 0 Å². The van der Waals surface area contributed by atoms with Crippen molar-refractivity contribution in [3.63, 3.8) is 0 Å². The molecule has 1 saturated carbocycles. The number of nitrogens with one attached hydrogen (secondary N) is 1. The highest BCUT2D eigenvalue weighted by atomic mass is 16.5. The standard InChI is InChI=1S/C11H21NO2/c1-13-10-5-3-4-6-11(10,14-2)9-12-8-7-10/h12H,3-9H2,1-2H3/t10-,11+/m0/s1. The zero-order valence-corrected chi connectivity index (χ0v) is 9.27. The summed E-state index contributed by atoms with van der Waals surface area (Å²) in [5.74, 6) is 0. The van der Waals surface area contributed by atoms with Crippen molar-refractivity contribution < 1.29 is 9.47 Å². The molecule has 0 aromatic carbocycles. The second-order valence-electron chi connectivity index (χ2n) is 4.53. The second-order valence-corrected chi connectivity index (χ2v) is 4.53. The van der Waals surface area contributed by atoms with Gasteiger partial charge in [0.05, 0.1) is 5.60 Å². The van der Waals surface area contributed by atoms with Gasteiger partial charge in [0.1, 0.15) is 5.60 Å². The maximum absolute atomic E-state index is 5.81. The van der Waals surface area contributed by atoms with Gasteiger partial charge < -0.3 is 14.8 Å². The molecule has 1 aliphatic heterocycles. The molecule has 1 saturated heterocycles. The van der Waals surface area contributed by atoms with E-state index in [-0.39, 0.29) is 11.2 Å². The van der Waals surface area contributed by atoms with Gasteiger partial charge in [-0.05, 0) is 25.8 Å². The lowest BCUT2D eigenvalue weighted by molar-refractivity contribution is -0.217. The molecule has 14 heavy (non-hydrogen) atoms. The molecule has 0 aromatic heterocycles. The zero-order valence-electron chi connectivity index (χ0n) is 9.27. The Labute approximate surface area is 86.2 Å². The van der Waals surface area contributed by atoms with Gasteiger partial charge in [0.2, 0.25) is 0 Å². The summed E-state index contributed by atoms with van der Waals surface area (Å²) in [4.78, 5) is 0. The Kier molecular flexibility index (Phi) is 2.82. The lowest BCUT2D eigenvalue weighted by atomic mass is 9.67. The molecule has 1 heterocycles. The third-order valence-electron chi connectivity index (χ3n) is 4.14. The number of fused-ring (bicyclic) bond motifs is 1. The topological polar surface area (TPSA) is 30.5 Å². The van der Waals surface area contributed by atoms with Gasteiger partial charge in [-0.3, -0.25) is 0 Å². The molecule has 0 spiro atoms. The van der Waals surface area contributed by atoms with Gasteiger partial charge in [-0.2, -0.15) is 0 Å². The van der Waals surface area contributed by atoms with Crippen molar-refractivity contribution in [1.82, 2.24) is 5.32 Å². The van der Waals surface area contributed by atoms with Gasteiger partial charge in [-0.1, -0.05) is 12.8 Å². The quantitative estimate of drug-likeness (QED) is 0.727. The van der Waals surface area contributed by atoms with Gasteiger partial charge >= 0.3 is 0 Å². The van der Waals surface area contributed by atoms with E-state index in [1.807, 2.05) is 14.2 Å². The minimum Gasteiger partial charge on any atom is -0.375 e. The molecule has 2 atom stereocenters. The average Bonchev–Trinajstić information content (AvgIpc) is 2.28. The number of hydrogen-bond acceptors (Lipinski definition) is 3. The lowest BCUT2D eigenvalue weighted by Crippen LogP contribution is -2.67. The third-order valence-corrected chi connectivity index (χ3v) is 4.14. The lowest BCUT2D eigenvalue weighted by Gasteiger charge is -2.54. The van der Waals surface area contributed by atoms with Crippen molar-refractivity contribution in [3.8, 4) is 0 Å². The molecular formula is C11H21NO2. The first-order chi connectivity index (χ1) is 6.79. The Hall–Kier alpha value is -0.120. The first-order valence-electron chi connectivity index (χ1n) is 5.60. The van der Waals surface area contributed by atoms with E-state index in [1.54, 1.807) is 0 Å². The van der Waals surface area contributed by atoms with Crippen molar-refractivity contribution in [2.24, 2.45) is 0 Å². The molecule has 2 aliphatic rings. The third kappa shape index (κ3) is 1.30. The molecule has 3 nitrogen and oxygen atoms in total. The van der Waals surface area contributed by atoms with E-state index >= 15 is 0 Å². The van der Waals surface area contributed by atoms with Crippen LogP contribution < -0.4 is 5.32 Å². The van der Waals surface area contributed by atoms with Crippen LogP contribution in [0.2, 0.25) is 0 Å². The molecule has 0 bridgehead atoms. The number of rotatable bonds is 2. The Morgan fingerprint density at radius 1 is 0.929 bits per heavy atom. The van der Waals surface area contributed by atoms with Gasteiger partial charge in [0.15, 0.2) is 0 Å². The molecule has 2 fully saturated rings. The maximum atomic E-state index is 5.81. The molecule has 1 aliphatic carbocycles. The zero-order chi connectivity index (χ0) is 10.1. The summed E-state index contributed by atoms with van der Waals surface area (Å²) in [7, 11) is 3.66. The SMILES string of the molecule is CO[C@]12CCCC[C@@]1(OC)CNCC2. The summed E-state index contributed by atoms with van der Waals surface area (Å²) in [6.07, 6.45) is 5.90. The fourth-order valence-corrected chi connectivity index (χ4v) is 3.21. The Morgan fingerprint density at radius 3 is 2.14 bits per heavy atom. The van der Waals surface area contributed by atoms with Crippen LogP contribution in [-0.4, -0.2) is 38.5 Å². The largest absolute Gasteiger partial charge is 0.375 e. The fraction of sp³-hybridized carbons (Fsp3) is 1.00.